The number of para-hydroxylation sites is 1. The third-order valence-electron chi connectivity index (χ3n) is 4.10. The molecule has 2 rings (SSSR count). The Bertz CT molecular complexity index is 550. The van der Waals surface area contributed by atoms with Crippen LogP contribution >= 0.6 is 0 Å². The number of rotatable bonds is 10. The summed E-state index contributed by atoms with van der Waals surface area (Å²) in [4.78, 5) is 6.95. The van der Waals surface area contributed by atoms with E-state index in [1.807, 2.05) is 6.92 Å². The molecule has 1 aliphatic rings. The normalized spacial score (nSPS) is 14.9. The number of alkyl halides is 2. The Morgan fingerprint density at radius 1 is 1.28 bits per heavy atom. The maximum atomic E-state index is 12.5. The van der Waals surface area contributed by atoms with E-state index >= 15 is 0 Å². The van der Waals surface area contributed by atoms with Gasteiger partial charge in [-0.25, -0.2) is 4.99 Å². The van der Waals surface area contributed by atoms with Crippen molar-refractivity contribution in [1.29, 1.82) is 0 Å². The number of ether oxygens (including phenoxy) is 1. The van der Waals surface area contributed by atoms with Crippen LogP contribution in [-0.4, -0.2) is 49.7 Å². The maximum absolute atomic E-state index is 12.5. The van der Waals surface area contributed by atoms with Gasteiger partial charge in [-0.15, -0.1) is 0 Å². The van der Waals surface area contributed by atoms with Gasteiger partial charge in [0.25, 0.3) is 0 Å². The zero-order valence-corrected chi connectivity index (χ0v) is 15.0. The molecule has 0 saturated heterocycles. The van der Waals surface area contributed by atoms with Crippen LogP contribution in [0, 0.1) is 0 Å². The van der Waals surface area contributed by atoms with Gasteiger partial charge >= 0.3 is 6.61 Å². The molecule has 0 aliphatic heterocycles. The van der Waals surface area contributed by atoms with Crippen LogP contribution in [0.5, 0.6) is 5.75 Å². The van der Waals surface area contributed by atoms with Crippen molar-refractivity contribution in [2.45, 2.75) is 45.9 Å². The van der Waals surface area contributed by atoms with E-state index in [2.05, 4.69) is 32.2 Å². The molecule has 2 N–H and O–H groups in total. The number of likely N-dealkylation sites (N-methyl/N-ethyl adjacent to an activating group) is 1. The number of guanidine groups is 1. The maximum Gasteiger partial charge on any atom is 0.387 e. The smallest absolute Gasteiger partial charge is 0.387 e. The molecule has 1 aliphatic carbocycles. The molecule has 0 bridgehead atoms. The Hall–Kier alpha value is -1.89. The zero-order valence-electron chi connectivity index (χ0n) is 15.0. The van der Waals surface area contributed by atoms with Crippen LogP contribution in [-0.2, 0) is 6.54 Å². The molecular formula is C18H28F2N4O. The molecule has 0 atom stereocenters. The first-order chi connectivity index (χ1) is 12.1. The van der Waals surface area contributed by atoms with Gasteiger partial charge in [0.15, 0.2) is 5.96 Å². The quantitative estimate of drug-likeness (QED) is 0.501. The molecule has 7 heteroatoms. The fraction of sp³-hybridized carbons (Fsp3) is 0.611. The van der Waals surface area contributed by atoms with E-state index in [1.165, 1.54) is 18.9 Å². The second-order valence-electron chi connectivity index (χ2n) is 5.97. The van der Waals surface area contributed by atoms with Crippen LogP contribution in [0.1, 0.15) is 32.3 Å². The van der Waals surface area contributed by atoms with E-state index in [9.17, 15) is 8.78 Å². The van der Waals surface area contributed by atoms with Crippen LogP contribution in [0.15, 0.2) is 29.3 Å². The number of aliphatic imine (C=N–C) groups is 1. The summed E-state index contributed by atoms with van der Waals surface area (Å²) in [5.41, 5.74) is 0.633. The zero-order chi connectivity index (χ0) is 18.1. The minimum atomic E-state index is -2.83. The van der Waals surface area contributed by atoms with Gasteiger partial charge in [0, 0.05) is 31.2 Å². The predicted molar refractivity (Wildman–Crippen MR) is 96.2 cm³/mol. The summed E-state index contributed by atoms with van der Waals surface area (Å²) < 4.78 is 29.5. The van der Waals surface area contributed by atoms with Crippen molar-refractivity contribution in [3.8, 4) is 5.75 Å². The minimum absolute atomic E-state index is 0.169. The lowest BCUT2D eigenvalue weighted by molar-refractivity contribution is -0.0504. The van der Waals surface area contributed by atoms with Crippen LogP contribution in [0.25, 0.3) is 0 Å². The predicted octanol–water partition coefficient (Wildman–Crippen LogP) is 2.83. The second kappa shape index (κ2) is 10.2. The fourth-order valence-corrected chi connectivity index (χ4v) is 2.71. The van der Waals surface area contributed by atoms with Crippen molar-refractivity contribution in [3.63, 3.8) is 0 Å². The Morgan fingerprint density at radius 2 is 2.04 bits per heavy atom. The Labute approximate surface area is 148 Å². The van der Waals surface area contributed by atoms with E-state index in [4.69, 9.17) is 0 Å². The van der Waals surface area contributed by atoms with Crippen molar-refractivity contribution >= 4 is 5.96 Å². The average Bonchev–Trinajstić information content (AvgIpc) is 3.42. The summed E-state index contributed by atoms with van der Waals surface area (Å²) in [6, 6.07) is 7.48. The molecule has 140 valence electrons. The van der Waals surface area contributed by atoms with Crippen LogP contribution in [0.2, 0.25) is 0 Å². The number of hydrogen-bond acceptors (Lipinski definition) is 3. The van der Waals surface area contributed by atoms with E-state index < -0.39 is 6.61 Å². The van der Waals surface area contributed by atoms with Gasteiger partial charge in [0.1, 0.15) is 5.75 Å². The van der Waals surface area contributed by atoms with Crippen LogP contribution in [0.3, 0.4) is 0 Å². The van der Waals surface area contributed by atoms with Gasteiger partial charge in [0.2, 0.25) is 0 Å². The summed E-state index contributed by atoms with van der Waals surface area (Å²) in [6.07, 6.45) is 2.59. The van der Waals surface area contributed by atoms with Crippen molar-refractivity contribution in [1.82, 2.24) is 15.5 Å². The summed E-state index contributed by atoms with van der Waals surface area (Å²) >= 11 is 0. The van der Waals surface area contributed by atoms with Crippen molar-refractivity contribution in [2.24, 2.45) is 4.99 Å². The number of nitrogens with one attached hydrogen (secondary N) is 2. The number of hydrogen-bond donors (Lipinski definition) is 2. The molecule has 0 spiro atoms. The van der Waals surface area contributed by atoms with Crippen molar-refractivity contribution < 1.29 is 13.5 Å². The highest BCUT2D eigenvalue weighted by Gasteiger charge is 2.27. The monoisotopic (exact) mass is 354 g/mol. The van der Waals surface area contributed by atoms with Crippen LogP contribution in [0.4, 0.5) is 8.78 Å². The topological polar surface area (TPSA) is 48.9 Å². The third kappa shape index (κ3) is 6.86. The highest BCUT2D eigenvalue weighted by molar-refractivity contribution is 5.79. The largest absolute Gasteiger partial charge is 0.434 e. The molecule has 0 radical (unpaired) electrons. The second-order valence-corrected chi connectivity index (χ2v) is 5.97. The molecule has 1 saturated carbocycles. The molecule has 1 aromatic rings. The molecule has 1 aromatic carbocycles. The Balaban J connectivity index is 1.90. The SMILES string of the molecule is CCNC(=NCc1ccccc1OC(F)F)NCCN(CC)C1CC1. The van der Waals surface area contributed by atoms with E-state index in [1.54, 1.807) is 18.2 Å². The first-order valence-corrected chi connectivity index (χ1v) is 8.93. The molecule has 0 amide bonds. The lowest BCUT2D eigenvalue weighted by atomic mass is 10.2. The lowest BCUT2D eigenvalue weighted by Gasteiger charge is -2.20. The molecule has 1 fully saturated rings. The highest BCUT2D eigenvalue weighted by Crippen LogP contribution is 2.25. The highest BCUT2D eigenvalue weighted by atomic mass is 19.3. The van der Waals surface area contributed by atoms with Gasteiger partial charge in [-0.05, 0) is 32.4 Å². The molecule has 0 unspecified atom stereocenters. The molecule has 0 heterocycles. The van der Waals surface area contributed by atoms with E-state index in [0.29, 0.717) is 11.5 Å². The molecular weight excluding hydrogens is 326 g/mol. The third-order valence-corrected chi connectivity index (χ3v) is 4.10. The van der Waals surface area contributed by atoms with Gasteiger partial charge in [-0.2, -0.15) is 8.78 Å². The van der Waals surface area contributed by atoms with Crippen molar-refractivity contribution in [3.05, 3.63) is 29.8 Å². The summed E-state index contributed by atoms with van der Waals surface area (Å²) in [7, 11) is 0. The Kier molecular flexibility index (Phi) is 7.91. The fourth-order valence-electron chi connectivity index (χ4n) is 2.71. The van der Waals surface area contributed by atoms with Crippen molar-refractivity contribution in [2.75, 3.05) is 26.2 Å². The first kappa shape index (κ1) is 19.4. The van der Waals surface area contributed by atoms with Gasteiger partial charge < -0.3 is 15.4 Å². The standard InChI is InChI=1S/C18H28F2N4O/c1-3-21-18(22-11-12-24(4-2)15-9-10-15)23-13-14-7-5-6-8-16(14)25-17(19)20/h5-8,15,17H,3-4,9-13H2,1-2H3,(H2,21,22,23). The average molecular weight is 354 g/mol. The van der Waals surface area contributed by atoms with Gasteiger partial charge in [0.05, 0.1) is 6.54 Å². The van der Waals surface area contributed by atoms with E-state index in [-0.39, 0.29) is 12.3 Å². The number of benzene rings is 1. The molecule has 5 nitrogen and oxygen atoms in total. The summed E-state index contributed by atoms with van der Waals surface area (Å²) in [5.74, 6) is 0.851. The number of halogens is 2. The number of nitrogens with zero attached hydrogens (tertiary/aromatic N) is 2. The minimum Gasteiger partial charge on any atom is -0.434 e. The lowest BCUT2D eigenvalue weighted by Crippen LogP contribution is -2.42. The molecule has 25 heavy (non-hydrogen) atoms. The summed E-state index contributed by atoms with van der Waals surface area (Å²) in [6.45, 7) is 5.17. The van der Waals surface area contributed by atoms with Gasteiger partial charge in [-0.1, -0.05) is 25.1 Å². The van der Waals surface area contributed by atoms with Gasteiger partial charge in [-0.3, -0.25) is 4.90 Å². The summed E-state index contributed by atoms with van der Waals surface area (Å²) in [5, 5.41) is 6.49. The Morgan fingerprint density at radius 3 is 2.68 bits per heavy atom. The van der Waals surface area contributed by atoms with Crippen LogP contribution < -0.4 is 15.4 Å². The molecule has 0 aromatic heterocycles. The first-order valence-electron chi connectivity index (χ1n) is 8.93. The van der Waals surface area contributed by atoms with E-state index in [0.717, 1.165) is 32.2 Å².